The summed E-state index contributed by atoms with van der Waals surface area (Å²) < 4.78 is 40.3. The van der Waals surface area contributed by atoms with E-state index in [0.29, 0.717) is 110 Å². The van der Waals surface area contributed by atoms with Crippen LogP contribution in [0.15, 0.2) is 12.1 Å². The van der Waals surface area contributed by atoms with E-state index in [0.717, 1.165) is 122 Å². The normalized spacial score (nSPS) is 13.7. The van der Waals surface area contributed by atoms with Gasteiger partial charge in [-0.3, -0.25) is 9.59 Å². The van der Waals surface area contributed by atoms with Crippen LogP contribution in [0.3, 0.4) is 0 Å². The summed E-state index contributed by atoms with van der Waals surface area (Å²) in [6, 6.07) is 3.51. The molecule has 400 valence electrons. The van der Waals surface area contributed by atoms with E-state index in [1.165, 1.54) is 32.1 Å². The van der Waals surface area contributed by atoms with E-state index in [9.17, 15) is 0 Å². The molecule has 0 radical (unpaired) electrons. The Balaban J connectivity index is 2.25. The predicted octanol–water partition coefficient (Wildman–Crippen LogP) is 18.0. The first-order valence-electron chi connectivity index (χ1n) is 29.0. The Morgan fingerprint density at radius 3 is 0.986 bits per heavy atom. The number of fused-ring (bicyclic) bond motifs is 2. The van der Waals surface area contributed by atoms with E-state index in [2.05, 4.69) is 83.1 Å². The molecule has 1 aliphatic rings. The van der Waals surface area contributed by atoms with Gasteiger partial charge in [-0.1, -0.05) is 199 Å². The first-order chi connectivity index (χ1) is 33.7. The third-order valence-corrected chi connectivity index (χ3v) is 14.1. The van der Waals surface area contributed by atoms with Crippen molar-refractivity contribution in [3.63, 3.8) is 0 Å². The standard InChI is InChI=1S/C62H104O8/c1-13-16-19-22-37-65-53-43-51-55(61(68-39-24-21-18-15-3)59(53)67-38-23-20-17-14-2)57(63)52-44-54(66-40-34-48(10)31-25-28-45(4)5)60(69-41-35-49(11)32-26-29-46(6)7)62(56(52)58(51)64)70-42-36-50(12)33-27-30-47(8)9/h43-50H,13-42H2,1-12H3. The van der Waals surface area contributed by atoms with Gasteiger partial charge in [0, 0.05) is 11.1 Å². The molecule has 3 atom stereocenters. The van der Waals surface area contributed by atoms with Crippen LogP contribution in [0.1, 0.15) is 269 Å². The van der Waals surface area contributed by atoms with Crippen molar-refractivity contribution in [1.82, 2.24) is 0 Å². The van der Waals surface area contributed by atoms with Crippen molar-refractivity contribution in [2.24, 2.45) is 35.5 Å². The molecule has 8 heteroatoms. The molecule has 0 N–H and O–H groups in total. The van der Waals surface area contributed by atoms with Crippen molar-refractivity contribution in [3.05, 3.63) is 34.4 Å². The minimum absolute atomic E-state index is 0.230. The predicted molar refractivity (Wildman–Crippen MR) is 293 cm³/mol. The van der Waals surface area contributed by atoms with E-state index in [-0.39, 0.29) is 33.8 Å². The van der Waals surface area contributed by atoms with Gasteiger partial charge < -0.3 is 28.4 Å². The number of benzene rings is 2. The molecule has 1 aliphatic carbocycles. The highest BCUT2D eigenvalue weighted by Gasteiger charge is 2.41. The van der Waals surface area contributed by atoms with E-state index >= 15 is 9.59 Å². The molecule has 0 heterocycles. The Hall–Kier alpha value is -3.42. The molecule has 0 amide bonds. The quantitative estimate of drug-likeness (QED) is 0.0519. The van der Waals surface area contributed by atoms with E-state index in [4.69, 9.17) is 28.4 Å². The first kappa shape index (κ1) is 60.9. The second-order valence-electron chi connectivity index (χ2n) is 22.5. The largest absolute Gasteiger partial charge is 0.490 e. The van der Waals surface area contributed by atoms with Gasteiger partial charge in [0.25, 0.3) is 0 Å². The van der Waals surface area contributed by atoms with Gasteiger partial charge in [-0.2, -0.15) is 0 Å². The van der Waals surface area contributed by atoms with E-state index < -0.39 is 0 Å². The fourth-order valence-corrected chi connectivity index (χ4v) is 9.34. The summed E-state index contributed by atoms with van der Waals surface area (Å²) in [5.41, 5.74) is 0.969. The lowest BCUT2D eigenvalue weighted by atomic mass is 9.82. The minimum atomic E-state index is -0.303. The SMILES string of the molecule is CCCCCCOc1cc2c(c(OCCCCCC)c1OCCCCCC)C(=O)c1cc(OCCC(C)CCCC(C)C)c(OCCC(C)CCCC(C)C)c(OCCC(C)CCCC(C)C)c1C2=O. The fraction of sp³-hybridized carbons (Fsp3) is 0.774. The van der Waals surface area contributed by atoms with Gasteiger partial charge in [0.15, 0.2) is 34.6 Å². The van der Waals surface area contributed by atoms with Crippen molar-refractivity contribution in [2.75, 3.05) is 39.6 Å². The summed E-state index contributed by atoms with van der Waals surface area (Å²) in [5, 5.41) is 0. The second kappa shape index (κ2) is 34.9. The van der Waals surface area contributed by atoms with Crippen LogP contribution in [-0.2, 0) is 0 Å². The number of carbonyl (C=O) groups excluding carboxylic acids is 2. The third-order valence-electron chi connectivity index (χ3n) is 14.1. The Morgan fingerprint density at radius 1 is 0.329 bits per heavy atom. The van der Waals surface area contributed by atoms with Gasteiger partial charge in [-0.15, -0.1) is 0 Å². The Kier molecular flexibility index (Phi) is 30.3. The van der Waals surface area contributed by atoms with Crippen molar-refractivity contribution in [3.8, 4) is 34.5 Å². The average molecular weight is 978 g/mol. The molecule has 8 nitrogen and oxygen atoms in total. The van der Waals surface area contributed by atoms with Gasteiger partial charge in [0.05, 0.1) is 50.8 Å². The van der Waals surface area contributed by atoms with Crippen LogP contribution in [-0.4, -0.2) is 51.2 Å². The van der Waals surface area contributed by atoms with E-state index in [1.807, 2.05) is 0 Å². The smallest absolute Gasteiger partial charge is 0.204 e. The number of rotatable bonds is 42. The van der Waals surface area contributed by atoms with Crippen LogP contribution < -0.4 is 28.4 Å². The van der Waals surface area contributed by atoms with Gasteiger partial charge in [-0.05, 0) is 86.2 Å². The van der Waals surface area contributed by atoms with Crippen molar-refractivity contribution in [1.29, 1.82) is 0 Å². The maximum Gasteiger partial charge on any atom is 0.204 e. The van der Waals surface area contributed by atoms with Gasteiger partial charge in [-0.25, -0.2) is 0 Å². The fourth-order valence-electron chi connectivity index (χ4n) is 9.34. The molecular weight excluding hydrogens is 873 g/mol. The summed E-state index contributed by atoms with van der Waals surface area (Å²) in [6.07, 6.45) is 25.3. The highest BCUT2D eigenvalue weighted by molar-refractivity contribution is 6.31. The summed E-state index contributed by atoms with van der Waals surface area (Å²) >= 11 is 0. The zero-order chi connectivity index (χ0) is 51.3. The summed E-state index contributed by atoms with van der Waals surface area (Å²) in [7, 11) is 0. The van der Waals surface area contributed by atoms with Crippen LogP contribution in [0.2, 0.25) is 0 Å². The molecule has 0 fully saturated rings. The number of ketones is 2. The van der Waals surface area contributed by atoms with Crippen LogP contribution >= 0.6 is 0 Å². The molecule has 2 aromatic carbocycles. The molecule has 2 aromatic rings. The Bertz CT molecular complexity index is 1760. The molecule has 0 saturated heterocycles. The Labute approximate surface area is 429 Å². The second-order valence-corrected chi connectivity index (χ2v) is 22.5. The highest BCUT2D eigenvalue weighted by atomic mass is 16.5. The lowest BCUT2D eigenvalue weighted by Gasteiger charge is -2.28. The van der Waals surface area contributed by atoms with Crippen molar-refractivity contribution in [2.45, 2.75) is 237 Å². The van der Waals surface area contributed by atoms with Crippen molar-refractivity contribution < 1.29 is 38.0 Å². The first-order valence-corrected chi connectivity index (χ1v) is 29.0. The molecule has 3 unspecified atom stereocenters. The van der Waals surface area contributed by atoms with Gasteiger partial charge >= 0.3 is 0 Å². The minimum Gasteiger partial charge on any atom is -0.490 e. The van der Waals surface area contributed by atoms with Crippen molar-refractivity contribution >= 4 is 11.6 Å². The third kappa shape index (κ3) is 21.7. The van der Waals surface area contributed by atoms with E-state index in [1.54, 1.807) is 12.1 Å². The molecule has 0 saturated carbocycles. The molecule has 0 bridgehead atoms. The van der Waals surface area contributed by atoms with Crippen LogP contribution in [0.5, 0.6) is 34.5 Å². The number of hydrogen-bond donors (Lipinski definition) is 0. The Morgan fingerprint density at radius 2 is 0.629 bits per heavy atom. The van der Waals surface area contributed by atoms with Crippen LogP contribution in [0.4, 0.5) is 0 Å². The molecule has 3 rings (SSSR count). The maximum atomic E-state index is 15.5. The zero-order valence-electron chi connectivity index (χ0n) is 47.1. The topological polar surface area (TPSA) is 89.5 Å². The zero-order valence-corrected chi connectivity index (χ0v) is 47.1. The molecule has 0 aliphatic heterocycles. The molecule has 70 heavy (non-hydrogen) atoms. The summed E-state index contributed by atoms with van der Waals surface area (Å²) in [5.74, 6) is 5.12. The number of unbranched alkanes of at least 4 members (excludes halogenated alkanes) is 9. The van der Waals surface area contributed by atoms with Gasteiger partial charge in [0.1, 0.15) is 0 Å². The van der Waals surface area contributed by atoms with Gasteiger partial charge in [0.2, 0.25) is 11.5 Å². The summed E-state index contributed by atoms with van der Waals surface area (Å²) in [4.78, 5) is 31.1. The lowest BCUT2D eigenvalue weighted by Crippen LogP contribution is -2.25. The maximum absolute atomic E-state index is 15.5. The number of ether oxygens (including phenoxy) is 6. The molecule has 0 spiro atoms. The monoisotopic (exact) mass is 977 g/mol. The summed E-state index contributed by atoms with van der Waals surface area (Å²) in [6.45, 7) is 29.7. The lowest BCUT2D eigenvalue weighted by molar-refractivity contribution is 0.0968. The number of carbonyl (C=O) groups is 2. The van der Waals surface area contributed by atoms with Crippen LogP contribution in [0, 0.1) is 35.5 Å². The highest BCUT2D eigenvalue weighted by Crippen LogP contribution is 2.51. The van der Waals surface area contributed by atoms with Crippen LogP contribution in [0.25, 0.3) is 0 Å². The molecule has 0 aromatic heterocycles. The average Bonchev–Trinajstić information content (AvgIpc) is 3.30. The molecular formula is C62H104O8. The number of hydrogen-bond acceptors (Lipinski definition) is 8.